The number of hydrogen-bond donors (Lipinski definition) is 2. The molecule has 3 rings (SSSR count). The molecule has 0 unspecified atom stereocenters. The third-order valence-electron chi connectivity index (χ3n) is 4.22. The zero-order valence-electron chi connectivity index (χ0n) is 15.4. The van der Waals surface area contributed by atoms with Crippen LogP contribution in [-0.2, 0) is 4.74 Å². The number of nitrogens with zero attached hydrogens (tertiary/aromatic N) is 2. The summed E-state index contributed by atoms with van der Waals surface area (Å²) in [4.78, 5) is 19.9. The van der Waals surface area contributed by atoms with E-state index in [4.69, 9.17) is 4.74 Å². The number of nitrogens with one attached hydrogen (secondary N) is 2. The lowest BCUT2D eigenvalue weighted by Crippen LogP contribution is -2.07. The molecular weight excluding hydrogens is 328 g/mol. The van der Waals surface area contributed by atoms with Crippen LogP contribution in [-0.4, -0.2) is 28.3 Å². The molecule has 2 aromatic heterocycles. The zero-order chi connectivity index (χ0) is 18.7. The highest BCUT2D eigenvalue weighted by molar-refractivity contribution is 6.03. The summed E-state index contributed by atoms with van der Waals surface area (Å²) in [5, 5.41) is 5.49. The third kappa shape index (κ3) is 3.44. The Balaban J connectivity index is 1.85. The number of fused-ring (bicyclic) bond motifs is 1. The molecule has 0 fully saturated rings. The molecule has 134 valence electrons. The van der Waals surface area contributed by atoms with E-state index < -0.39 is 0 Å². The summed E-state index contributed by atoms with van der Waals surface area (Å²) >= 11 is 0. The number of H-pyrrole nitrogens is 1. The van der Waals surface area contributed by atoms with Crippen molar-refractivity contribution in [3.05, 3.63) is 58.9 Å². The summed E-state index contributed by atoms with van der Waals surface area (Å²) in [7, 11) is 0. The van der Waals surface area contributed by atoms with E-state index in [2.05, 4.69) is 20.5 Å². The Kier molecular flexibility index (Phi) is 5.02. The molecule has 6 heteroatoms. The van der Waals surface area contributed by atoms with Gasteiger partial charge in [0, 0.05) is 11.1 Å². The van der Waals surface area contributed by atoms with Gasteiger partial charge in [-0.1, -0.05) is 18.2 Å². The number of para-hydroxylation sites is 1. The van der Waals surface area contributed by atoms with Crippen molar-refractivity contribution >= 4 is 28.4 Å². The Morgan fingerprint density at radius 1 is 1.23 bits per heavy atom. The second kappa shape index (κ2) is 7.39. The number of aryl methyl sites for hydroxylation is 1. The molecule has 0 radical (unpaired) electrons. The number of esters is 1. The minimum absolute atomic E-state index is 0.318. The van der Waals surface area contributed by atoms with E-state index in [1.54, 1.807) is 6.92 Å². The van der Waals surface area contributed by atoms with Gasteiger partial charge in [0.25, 0.3) is 0 Å². The highest BCUT2D eigenvalue weighted by Crippen LogP contribution is 2.20. The first-order valence-corrected chi connectivity index (χ1v) is 8.54. The first-order chi connectivity index (χ1) is 12.5. The predicted molar refractivity (Wildman–Crippen MR) is 104 cm³/mol. The smallest absolute Gasteiger partial charge is 0.340 e. The molecule has 2 N–H and O–H groups in total. The molecule has 0 amide bonds. The van der Waals surface area contributed by atoms with Crippen molar-refractivity contribution in [2.45, 2.75) is 27.7 Å². The van der Waals surface area contributed by atoms with Gasteiger partial charge in [-0.25, -0.2) is 9.78 Å². The van der Waals surface area contributed by atoms with Gasteiger partial charge in [0.15, 0.2) is 0 Å². The fourth-order valence-corrected chi connectivity index (χ4v) is 2.95. The number of hydrazone groups is 1. The molecule has 6 nitrogen and oxygen atoms in total. The molecule has 0 aliphatic rings. The fourth-order valence-electron chi connectivity index (χ4n) is 2.95. The standard InChI is InChI=1S/C20H22N4O2/c1-5-26-20(25)18-12(2)19(21-13(18)3)14(4)23-24-17-11-10-15-8-6-7-9-16(15)22-17/h6-11,21H,5H2,1-4H3,(H,22,24)/b23-14+. The highest BCUT2D eigenvalue weighted by Gasteiger charge is 2.20. The molecule has 26 heavy (non-hydrogen) atoms. The Morgan fingerprint density at radius 3 is 2.77 bits per heavy atom. The van der Waals surface area contributed by atoms with Crippen molar-refractivity contribution in [3.8, 4) is 0 Å². The number of carbonyl (C=O) groups is 1. The van der Waals surface area contributed by atoms with Gasteiger partial charge in [-0.15, -0.1) is 0 Å². The average Bonchev–Trinajstić information content (AvgIpc) is 2.94. The van der Waals surface area contributed by atoms with E-state index in [0.717, 1.165) is 33.6 Å². The van der Waals surface area contributed by atoms with Gasteiger partial charge in [0.05, 0.1) is 29.1 Å². The van der Waals surface area contributed by atoms with Gasteiger partial charge < -0.3 is 9.72 Å². The van der Waals surface area contributed by atoms with E-state index in [-0.39, 0.29) is 5.97 Å². The third-order valence-corrected chi connectivity index (χ3v) is 4.22. The van der Waals surface area contributed by atoms with E-state index in [0.29, 0.717) is 18.0 Å². The summed E-state index contributed by atoms with van der Waals surface area (Å²) in [6.45, 7) is 7.76. The number of hydrogen-bond acceptors (Lipinski definition) is 5. The van der Waals surface area contributed by atoms with Gasteiger partial charge in [0.2, 0.25) is 0 Å². The van der Waals surface area contributed by atoms with E-state index in [1.807, 2.05) is 57.2 Å². The fraction of sp³-hybridized carbons (Fsp3) is 0.250. The number of carbonyl (C=O) groups excluding carboxylic acids is 1. The minimum Gasteiger partial charge on any atom is -0.462 e. The first-order valence-electron chi connectivity index (χ1n) is 8.54. The molecule has 0 spiro atoms. The predicted octanol–water partition coefficient (Wildman–Crippen LogP) is 4.19. The van der Waals surface area contributed by atoms with Crippen LogP contribution in [0.3, 0.4) is 0 Å². The molecule has 0 atom stereocenters. The zero-order valence-corrected chi connectivity index (χ0v) is 15.4. The largest absolute Gasteiger partial charge is 0.462 e. The quantitative estimate of drug-likeness (QED) is 0.411. The summed E-state index contributed by atoms with van der Waals surface area (Å²) in [6.07, 6.45) is 0. The molecule has 0 aliphatic heterocycles. The van der Waals surface area contributed by atoms with Crippen molar-refractivity contribution in [2.75, 3.05) is 12.0 Å². The van der Waals surface area contributed by atoms with Crippen LogP contribution in [0.4, 0.5) is 5.82 Å². The van der Waals surface area contributed by atoms with Gasteiger partial charge in [-0.2, -0.15) is 5.10 Å². The van der Waals surface area contributed by atoms with Crippen molar-refractivity contribution < 1.29 is 9.53 Å². The van der Waals surface area contributed by atoms with Crippen LogP contribution in [0, 0.1) is 13.8 Å². The van der Waals surface area contributed by atoms with E-state index in [9.17, 15) is 4.79 Å². The molecule has 0 aliphatic carbocycles. The van der Waals surface area contributed by atoms with Crippen LogP contribution in [0.15, 0.2) is 41.5 Å². The van der Waals surface area contributed by atoms with Crippen LogP contribution in [0.5, 0.6) is 0 Å². The summed E-state index contributed by atoms with van der Waals surface area (Å²) in [5.41, 5.74) is 7.60. The average molecular weight is 350 g/mol. The molecular formula is C20H22N4O2. The molecule has 2 heterocycles. The number of pyridine rings is 1. The van der Waals surface area contributed by atoms with Gasteiger partial charge in [-0.3, -0.25) is 5.43 Å². The second-order valence-corrected chi connectivity index (χ2v) is 6.04. The lowest BCUT2D eigenvalue weighted by atomic mass is 10.1. The topological polar surface area (TPSA) is 79.4 Å². The summed E-state index contributed by atoms with van der Waals surface area (Å²) in [5.74, 6) is 0.344. The molecule has 1 aromatic carbocycles. The summed E-state index contributed by atoms with van der Waals surface area (Å²) < 4.78 is 5.13. The number of benzene rings is 1. The maximum atomic E-state index is 12.1. The molecule has 0 bridgehead atoms. The van der Waals surface area contributed by atoms with Crippen molar-refractivity contribution in [3.63, 3.8) is 0 Å². The van der Waals surface area contributed by atoms with Crippen molar-refractivity contribution in [1.82, 2.24) is 9.97 Å². The number of aromatic nitrogens is 2. The Labute approximate surface area is 152 Å². The van der Waals surface area contributed by atoms with Crippen LogP contribution in [0.1, 0.15) is 41.2 Å². The van der Waals surface area contributed by atoms with Crippen LogP contribution in [0.25, 0.3) is 10.9 Å². The van der Waals surface area contributed by atoms with Gasteiger partial charge in [-0.05, 0) is 51.5 Å². The SMILES string of the molecule is CCOC(=O)c1c(C)[nH]c(/C(C)=N/Nc2ccc3ccccc3n2)c1C. The van der Waals surface area contributed by atoms with Gasteiger partial charge >= 0.3 is 5.97 Å². The van der Waals surface area contributed by atoms with Crippen LogP contribution < -0.4 is 5.43 Å². The number of aromatic amines is 1. The second-order valence-electron chi connectivity index (χ2n) is 6.04. The lowest BCUT2D eigenvalue weighted by molar-refractivity contribution is 0.0525. The lowest BCUT2D eigenvalue weighted by Gasteiger charge is -2.05. The van der Waals surface area contributed by atoms with Gasteiger partial charge in [0.1, 0.15) is 5.82 Å². The minimum atomic E-state index is -0.318. The molecule has 0 saturated carbocycles. The number of rotatable bonds is 5. The van der Waals surface area contributed by atoms with E-state index in [1.165, 1.54) is 0 Å². The number of anilines is 1. The maximum absolute atomic E-state index is 12.1. The Bertz CT molecular complexity index is 989. The molecule has 3 aromatic rings. The van der Waals surface area contributed by atoms with Crippen molar-refractivity contribution in [2.24, 2.45) is 5.10 Å². The van der Waals surface area contributed by atoms with Crippen LogP contribution >= 0.6 is 0 Å². The number of ether oxygens (including phenoxy) is 1. The normalized spacial score (nSPS) is 11.6. The monoisotopic (exact) mass is 350 g/mol. The molecule has 0 saturated heterocycles. The van der Waals surface area contributed by atoms with Crippen molar-refractivity contribution in [1.29, 1.82) is 0 Å². The summed E-state index contributed by atoms with van der Waals surface area (Å²) in [6, 6.07) is 11.8. The van der Waals surface area contributed by atoms with E-state index >= 15 is 0 Å². The maximum Gasteiger partial charge on any atom is 0.340 e. The first kappa shape index (κ1) is 17.7. The highest BCUT2D eigenvalue weighted by atomic mass is 16.5. The Hall–Kier alpha value is -3.15. The Morgan fingerprint density at radius 2 is 2.00 bits per heavy atom. The van der Waals surface area contributed by atoms with Crippen LogP contribution in [0.2, 0.25) is 0 Å².